The molecule has 1 amide bonds. The predicted octanol–water partition coefficient (Wildman–Crippen LogP) is 2.36. The van der Waals surface area contributed by atoms with Gasteiger partial charge in [-0.3, -0.25) is 0 Å². The maximum absolute atomic E-state index is 12.2. The third kappa shape index (κ3) is 3.53. The van der Waals surface area contributed by atoms with Gasteiger partial charge in [0.2, 0.25) is 0 Å². The first-order valence-corrected chi connectivity index (χ1v) is 7.98. The average Bonchev–Trinajstić information content (AvgIpc) is 2.40. The van der Waals surface area contributed by atoms with Crippen molar-refractivity contribution >= 4 is 11.8 Å². The molecule has 0 aromatic heterocycles. The second-order valence-electron chi connectivity index (χ2n) is 7.13. The van der Waals surface area contributed by atoms with E-state index in [4.69, 9.17) is 4.74 Å². The first-order chi connectivity index (χ1) is 10.4. The van der Waals surface area contributed by atoms with Crippen LogP contribution in [0.3, 0.4) is 0 Å². The van der Waals surface area contributed by atoms with E-state index in [1.807, 2.05) is 20.8 Å². The van der Waals surface area contributed by atoms with Crippen molar-refractivity contribution in [2.45, 2.75) is 45.4 Å². The van der Waals surface area contributed by atoms with Gasteiger partial charge in [0, 0.05) is 31.9 Å². The average molecular weight is 303 g/mol. The molecule has 0 unspecified atom stereocenters. The lowest BCUT2D eigenvalue weighted by atomic mass is 9.99. The van der Waals surface area contributed by atoms with Gasteiger partial charge in [0.1, 0.15) is 5.60 Å². The van der Waals surface area contributed by atoms with Gasteiger partial charge in [-0.1, -0.05) is 6.07 Å². The molecule has 2 aliphatic rings. The van der Waals surface area contributed by atoms with Gasteiger partial charge < -0.3 is 20.3 Å². The molecule has 2 heterocycles. The van der Waals surface area contributed by atoms with Gasteiger partial charge in [0.25, 0.3) is 0 Å². The maximum Gasteiger partial charge on any atom is 0.410 e. The summed E-state index contributed by atoms with van der Waals surface area (Å²) in [6, 6.07) is 7.00. The van der Waals surface area contributed by atoms with Crippen LogP contribution in [0, 0.1) is 0 Å². The zero-order chi connectivity index (χ0) is 15.7. The molecule has 3 rings (SSSR count). The van der Waals surface area contributed by atoms with E-state index in [1.165, 1.54) is 11.1 Å². The lowest BCUT2D eigenvalue weighted by molar-refractivity contribution is 0.0224. The second-order valence-corrected chi connectivity index (χ2v) is 7.13. The van der Waals surface area contributed by atoms with Crippen molar-refractivity contribution in [3.63, 3.8) is 0 Å². The van der Waals surface area contributed by atoms with E-state index in [0.717, 1.165) is 31.7 Å². The molecule has 1 saturated heterocycles. The van der Waals surface area contributed by atoms with Crippen LogP contribution in [0.25, 0.3) is 0 Å². The standard InChI is InChI=1S/C17H25N3O2/c1-17(2,3)22-16(21)20-7-6-12-4-5-14(8-13(12)11-20)19-15-9-18-10-15/h4-5,8,15,18-19H,6-7,9-11H2,1-3H3. The first kappa shape index (κ1) is 15.2. The molecule has 2 aliphatic heterocycles. The Kier molecular flexibility index (Phi) is 4.00. The molecule has 1 aromatic rings. The van der Waals surface area contributed by atoms with E-state index in [9.17, 15) is 4.79 Å². The predicted molar refractivity (Wildman–Crippen MR) is 87.1 cm³/mol. The molecule has 5 heteroatoms. The van der Waals surface area contributed by atoms with Crippen LogP contribution >= 0.6 is 0 Å². The summed E-state index contributed by atoms with van der Waals surface area (Å²) in [5.41, 5.74) is 3.24. The summed E-state index contributed by atoms with van der Waals surface area (Å²) >= 11 is 0. The Morgan fingerprint density at radius 3 is 2.73 bits per heavy atom. The van der Waals surface area contributed by atoms with E-state index in [0.29, 0.717) is 12.6 Å². The fraction of sp³-hybridized carbons (Fsp3) is 0.588. The summed E-state index contributed by atoms with van der Waals surface area (Å²) in [6.07, 6.45) is 0.666. The molecule has 22 heavy (non-hydrogen) atoms. The summed E-state index contributed by atoms with van der Waals surface area (Å²) in [5.74, 6) is 0. The Morgan fingerprint density at radius 2 is 2.09 bits per heavy atom. The first-order valence-electron chi connectivity index (χ1n) is 7.98. The highest BCUT2D eigenvalue weighted by Gasteiger charge is 2.26. The van der Waals surface area contributed by atoms with E-state index < -0.39 is 5.60 Å². The minimum Gasteiger partial charge on any atom is -0.444 e. The van der Waals surface area contributed by atoms with Crippen LogP contribution in [0.4, 0.5) is 10.5 Å². The van der Waals surface area contributed by atoms with Crippen LogP contribution < -0.4 is 10.6 Å². The number of carbonyl (C=O) groups is 1. The number of ether oxygens (including phenoxy) is 1. The lowest BCUT2D eigenvalue weighted by Crippen LogP contribution is -2.51. The van der Waals surface area contributed by atoms with Crippen LogP contribution in [0.2, 0.25) is 0 Å². The fourth-order valence-corrected chi connectivity index (χ4v) is 2.76. The molecule has 0 atom stereocenters. The molecule has 0 saturated carbocycles. The van der Waals surface area contributed by atoms with Gasteiger partial charge in [-0.25, -0.2) is 4.79 Å². The number of benzene rings is 1. The molecular formula is C17H25N3O2. The van der Waals surface area contributed by atoms with E-state index in [2.05, 4.69) is 28.8 Å². The number of anilines is 1. The Labute approximate surface area is 132 Å². The Morgan fingerprint density at radius 1 is 1.32 bits per heavy atom. The minimum atomic E-state index is -0.446. The fourth-order valence-electron chi connectivity index (χ4n) is 2.76. The number of nitrogens with one attached hydrogen (secondary N) is 2. The molecule has 2 N–H and O–H groups in total. The molecule has 0 spiro atoms. The third-order valence-electron chi connectivity index (χ3n) is 4.02. The largest absolute Gasteiger partial charge is 0.444 e. The number of rotatable bonds is 2. The number of hydrogen-bond donors (Lipinski definition) is 2. The number of amides is 1. The Balaban J connectivity index is 1.67. The van der Waals surface area contributed by atoms with Gasteiger partial charge in [0.15, 0.2) is 0 Å². The number of nitrogens with zero attached hydrogens (tertiary/aromatic N) is 1. The van der Waals surface area contributed by atoms with Crippen LogP contribution in [0.15, 0.2) is 18.2 Å². The molecule has 120 valence electrons. The maximum atomic E-state index is 12.2. The van der Waals surface area contributed by atoms with Crippen molar-refractivity contribution in [1.82, 2.24) is 10.2 Å². The van der Waals surface area contributed by atoms with Crippen LogP contribution in [0.5, 0.6) is 0 Å². The molecule has 1 aromatic carbocycles. The number of fused-ring (bicyclic) bond motifs is 1. The number of hydrogen-bond acceptors (Lipinski definition) is 4. The van der Waals surface area contributed by atoms with E-state index in [-0.39, 0.29) is 6.09 Å². The zero-order valence-electron chi connectivity index (χ0n) is 13.6. The molecule has 0 radical (unpaired) electrons. The Bertz CT molecular complexity index is 562. The highest BCUT2D eigenvalue weighted by Crippen LogP contribution is 2.24. The lowest BCUT2D eigenvalue weighted by Gasteiger charge is -2.32. The minimum absolute atomic E-state index is 0.222. The van der Waals surface area contributed by atoms with Crippen LogP contribution in [-0.2, 0) is 17.7 Å². The smallest absolute Gasteiger partial charge is 0.410 e. The van der Waals surface area contributed by atoms with Gasteiger partial charge in [-0.15, -0.1) is 0 Å². The van der Waals surface area contributed by atoms with Crippen molar-refractivity contribution in [3.8, 4) is 0 Å². The molecule has 1 fully saturated rings. The molecule has 5 nitrogen and oxygen atoms in total. The summed E-state index contributed by atoms with van der Waals surface area (Å²) in [4.78, 5) is 14.0. The highest BCUT2D eigenvalue weighted by atomic mass is 16.6. The second kappa shape index (κ2) is 5.80. The summed E-state index contributed by atoms with van der Waals surface area (Å²) in [7, 11) is 0. The van der Waals surface area contributed by atoms with Crippen molar-refractivity contribution in [2.75, 3.05) is 25.0 Å². The zero-order valence-corrected chi connectivity index (χ0v) is 13.6. The van der Waals surface area contributed by atoms with Gasteiger partial charge in [-0.05, 0) is 50.5 Å². The topological polar surface area (TPSA) is 53.6 Å². The number of carbonyl (C=O) groups excluding carboxylic acids is 1. The normalized spacial score (nSPS) is 18.4. The summed E-state index contributed by atoms with van der Waals surface area (Å²) in [6.45, 7) is 9.08. The molecule has 0 bridgehead atoms. The van der Waals surface area contributed by atoms with Gasteiger partial charge in [-0.2, -0.15) is 0 Å². The van der Waals surface area contributed by atoms with Crippen LogP contribution in [-0.4, -0.2) is 42.3 Å². The van der Waals surface area contributed by atoms with Gasteiger partial charge in [0.05, 0.1) is 6.04 Å². The SMILES string of the molecule is CC(C)(C)OC(=O)N1CCc2ccc(NC3CNC3)cc2C1. The summed E-state index contributed by atoms with van der Waals surface area (Å²) < 4.78 is 5.48. The molecular weight excluding hydrogens is 278 g/mol. The third-order valence-corrected chi connectivity index (χ3v) is 4.02. The van der Waals surface area contributed by atoms with Crippen molar-refractivity contribution < 1.29 is 9.53 Å². The van der Waals surface area contributed by atoms with Crippen molar-refractivity contribution in [1.29, 1.82) is 0 Å². The monoisotopic (exact) mass is 303 g/mol. The quantitative estimate of drug-likeness (QED) is 0.881. The van der Waals surface area contributed by atoms with Crippen molar-refractivity contribution in [3.05, 3.63) is 29.3 Å². The van der Waals surface area contributed by atoms with Crippen LogP contribution in [0.1, 0.15) is 31.9 Å². The highest BCUT2D eigenvalue weighted by molar-refractivity contribution is 5.69. The van der Waals surface area contributed by atoms with Crippen molar-refractivity contribution in [2.24, 2.45) is 0 Å². The van der Waals surface area contributed by atoms with E-state index in [1.54, 1.807) is 4.90 Å². The summed E-state index contributed by atoms with van der Waals surface area (Å²) in [5, 5.41) is 6.77. The Hall–Kier alpha value is -1.75. The van der Waals surface area contributed by atoms with Gasteiger partial charge >= 0.3 is 6.09 Å². The molecule has 0 aliphatic carbocycles. The van der Waals surface area contributed by atoms with E-state index >= 15 is 0 Å².